The van der Waals surface area contributed by atoms with Gasteiger partial charge in [-0.25, -0.2) is 0 Å². The Kier molecular flexibility index (Phi) is 11.5. The number of nitrogens with zero attached hydrogens (tertiary/aromatic N) is 2. The van der Waals surface area contributed by atoms with Crippen molar-refractivity contribution < 1.29 is 0 Å². The molecule has 2 rings (SSSR count). The van der Waals surface area contributed by atoms with E-state index in [2.05, 4.69) is 28.2 Å². The average Bonchev–Trinajstić information content (AvgIpc) is 2.46. The van der Waals surface area contributed by atoms with Gasteiger partial charge in [-0.1, -0.05) is 37.8 Å². The van der Waals surface area contributed by atoms with Crippen molar-refractivity contribution in [2.45, 2.75) is 38.6 Å². The monoisotopic (exact) mass is 353 g/mol. The van der Waals surface area contributed by atoms with E-state index in [4.69, 9.17) is 11.6 Å². The zero-order chi connectivity index (χ0) is 13.5. The first-order chi connectivity index (χ1) is 9.33. The SMILES string of the molecule is CCCCC[C@H](c1ccncc1Cl)N1CCNCC1.Cl.Cl. The normalized spacial score (nSPS) is 16.7. The Morgan fingerprint density at radius 2 is 2.00 bits per heavy atom. The molecule has 0 unspecified atom stereocenters. The highest BCUT2D eigenvalue weighted by Gasteiger charge is 2.23. The number of unbranched alkanes of at least 4 members (excludes halogenated alkanes) is 2. The Balaban J connectivity index is 0.00000200. The molecule has 0 spiro atoms. The van der Waals surface area contributed by atoms with Gasteiger partial charge in [0.15, 0.2) is 0 Å². The summed E-state index contributed by atoms with van der Waals surface area (Å²) < 4.78 is 0. The van der Waals surface area contributed by atoms with Crippen molar-refractivity contribution in [3.05, 3.63) is 29.0 Å². The van der Waals surface area contributed by atoms with Gasteiger partial charge in [-0.15, -0.1) is 24.8 Å². The van der Waals surface area contributed by atoms with E-state index in [1.807, 2.05) is 6.20 Å². The lowest BCUT2D eigenvalue weighted by molar-refractivity contribution is 0.162. The molecule has 1 saturated heterocycles. The fourth-order valence-corrected chi connectivity index (χ4v) is 3.02. The van der Waals surface area contributed by atoms with E-state index in [1.165, 1.54) is 31.2 Å². The van der Waals surface area contributed by atoms with Crippen LogP contribution in [0.5, 0.6) is 0 Å². The van der Waals surface area contributed by atoms with Crippen LogP contribution >= 0.6 is 36.4 Å². The molecule has 0 saturated carbocycles. The number of rotatable bonds is 6. The van der Waals surface area contributed by atoms with E-state index in [9.17, 15) is 0 Å². The minimum absolute atomic E-state index is 0. The maximum Gasteiger partial charge on any atom is 0.0637 e. The molecule has 21 heavy (non-hydrogen) atoms. The summed E-state index contributed by atoms with van der Waals surface area (Å²) in [6.45, 7) is 6.62. The summed E-state index contributed by atoms with van der Waals surface area (Å²) in [6, 6.07) is 2.53. The third kappa shape index (κ3) is 6.29. The van der Waals surface area contributed by atoms with Crippen LogP contribution in [0.4, 0.5) is 0 Å². The van der Waals surface area contributed by atoms with Gasteiger partial charge in [-0.2, -0.15) is 0 Å². The summed E-state index contributed by atoms with van der Waals surface area (Å²) in [4.78, 5) is 6.67. The van der Waals surface area contributed by atoms with Gasteiger partial charge in [0.1, 0.15) is 0 Å². The Morgan fingerprint density at radius 1 is 1.29 bits per heavy atom. The highest BCUT2D eigenvalue weighted by molar-refractivity contribution is 6.31. The summed E-state index contributed by atoms with van der Waals surface area (Å²) >= 11 is 6.35. The summed E-state index contributed by atoms with van der Waals surface area (Å²) in [7, 11) is 0. The minimum atomic E-state index is 0. The van der Waals surface area contributed by atoms with E-state index >= 15 is 0 Å². The molecule has 0 aliphatic carbocycles. The van der Waals surface area contributed by atoms with Crippen molar-refractivity contribution in [2.24, 2.45) is 0 Å². The second-order valence-corrected chi connectivity index (χ2v) is 5.60. The van der Waals surface area contributed by atoms with E-state index in [0.29, 0.717) is 6.04 Å². The van der Waals surface area contributed by atoms with Crippen molar-refractivity contribution in [2.75, 3.05) is 26.2 Å². The van der Waals surface area contributed by atoms with Gasteiger partial charge in [0, 0.05) is 44.6 Å². The van der Waals surface area contributed by atoms with Crippen LogP contribution in [0.25, 0.3) is 0 Å². The van der Waals surface area contributed by atoms with E-state index in [-0.39, 0.29) is 24.8 Å². The van der Waals surface area contributed by atoms with Gasteiger partial charge < -0.3 is 5.32 Å². The van der Waals surface area contributed by atoms with E-state index in [1.54, 1.807) is 6.20 Å². The largest absolute Gasteiger partial charge is 0.314 e. The van der Waals surface area contributed by atoms with Crippen LogP contribution in [0, 0.1) is 0 Å². The van der Waals surface area contributed by atoms with Crippen molar-refractivity contribution in [1.82, 2.24) is 15.2 Å². The summed E-state index contributed by atoms with van der Waals surface area (Å²) in [5.74, 6) is 0. The van der Waals surface area contributed by atoms with Gasteiger partial charge >= 0.3 is 0 Å². The number of nitrogens with one attached hydrogen (secondary N) is 1. The van der Waals surface area contributed by atoms with Crippen LogP contribution in [0.1, 0.15) is 44.2 Å². The van der Waals surface area contributed by atoms with Crippen LogP contribution in [-0.4, -0.2) is 36.1 Å². The highest BCUT2D eigenvalue weighted by atomic mass is 35.5. The molecule has 6 heteroatoms. The minimum Gasteiger partial charge on any atom is -0.314 e. The van der Waals surface area contributed by atoms with E-state index in [0.717, 1.165) is 31.2 Å². The van der Waals surface area contributed by atoms with Crippen LogP contribution in [0.3, 0.4) is 0 Å². The van der Waals surface area contributed by atoms with Crippen LogP contribution < -0.4 is 5.32 Å². The zero-order valence-electron chi connectivity index (χ0n) is 12.6. The van der Waals surface area contributed by atoms with Crippen molar-refractivity contribution in [3.63, 3.8) is 0 Å². The molecule has 0 radical (unpaired) electrons. The van der Waals surface area contributed by atoms with Crippen molar-refractivity contribution in [3.8, 4) is 0 Å². The molecular formula is C15H26Cl3N3. The first-order valence-corrected chi connectivity index (χ1v) is 7.75. The van der Waals surface area contributed by atoms with E-state index < -0.39 is 0 Å². The lowest BCUT2D eigenvalue weighted by Gasteiger charge is -2.35. The summed E-state index contributed by atoms with van der Waals surface area (Å²) in [6.07, 6.45) is 8.65. The molecule has 0 aromatic carbocycles. The second kappa shape index (κ2) is 11.5. The molecule has 1 aromatic heterocycles. The molecule has 1 aliphatic heterocycles. The number of pyridine rings is 1. The van der Waals surface area contributed by atoms with Crippen LogP contribution in [0.2, 0.25) is 5.02 Å². The molecule has 1 aromatic rings. The van der Waals surface area contributed by atoms with Crippen molar-refractivity contribution >= 4 is 36.4 Å². The van der Waals surface area contributed by atoms with Gasteiger partial charge in [-0.05, 0) is 18.1 Å². The number of hydrogen-bond donors (Lipinski definition) is 1. The maximum absolute atomic E-state index is 6.35. The van der Waals surface area contributed by atoms with Crippen LogP contribution in [-0.2, 0) is 0 Å². The molecule has 0 amide bonds. The quantitative estimate of drug-likeness (QED) is 0.779. The molecule has 1 N–H and O–H groups in total. The maximum atomic E-state index is 6.35. The molecule has 1 fully saturated rings. The zero-order valence-corrected chi connectivity index (χ0v) is 14.9. The Hall–Kier alpha value is -0.0600. The predicted molar refractivity (Wildman–Crippen MR) is 95.1 cm³/mol. The topological polar surface area (TPSA) is 28.2 Å². The fraction of sp³-hybridized carbons (Fsp3) is 0.667. The number of aromatic nitrogens is 1. The fourth-order valence-electron chi connectivity index (χ4n) is 2.77. The molecule has 3 nitrogen and oxygen atoms in total. The highest BCUT2D eigenvalue weighted by Crippen LogP contribution is 2.31. The summed E-state index contributed by atoms with van der Waals surface area (Å²) in [5.41, 5.74) is 1.25. The third-order valence-corrected chi connectivity index (χ3v) is 4.15. The Labute approximate surface area is 145 Å². The number of piperazine rings is 1. The van der Waals surface area contributed by atoms with Gasteiger partial charge in [0.2, 0.25) is 0 Å². The van der Waals surface area contributed by atoms with Crippen molar-refractivity contribution in [1.29, 1.82) is 0 Å². The molecule has 1 atom stereocenters. The predicted octanol–water partition coefficient (Wildman–Crippen LogP) is 4.11. The van der Waals surface area contributed by atoms with Gasteiger partial charge in [0.05, 0.1) is 5.02 Å². The van der Waals surface area contributed by atoms with Gasteiger partial charge in [-0.3, -0.25) is 9.88 Å². The molecule has 122 valence electrons. The molecule has 0 bridgehead atoms. The lowest BCUT2D eigenvalue weighted by Crippen LogP contribution is -2.45. The Bertz CT molecular complexity index is 384. The average molecular weight is 355 g/mol. The standard InChI is InChI=1S/C15H24ClN3.2ClH/c1-2-3-4-5-15(19-10-8-17-9-11-19)13-6-7-18-12-14(13)16;;/h6-7,12,15,17H,2-5,8-11H2,1H3;2*1H/t15-;;/m1../s1. The summed E-state index contributed by atoms with van der Waals surface area (Å²) in [5, 5.41) is 4.22. The van der Waals surface area contributed by atoms with Crippen LogP contribution in [0.15, 0.2) is 18.5 Å². The molecule has 1 aliphatic rings. The smallest absolute Gasteiger partial charge is 0.0637 e. The Morgan fingerprint density at radius 3 is 2.62 bits per heavy atom. The molecular weight excluding hydrogens is 329 g/mol. The third-order valence-electron chi connectivity index (χ3n) is 3.84. The first-order valence-electron chi connectivity index (χ1n) is 7.37. The number of hydrogen-bond acceptors (Lipinski definition) is 3. The molecule has 2 heterocycles. The lowest BCUT2D eigenvalue weighted by atomic mass is 9.99. The van der Waals surface area contributed by atoms with Gasteiger partial charge in [0.25, 0.3) is 0 Å². The number of halogens is 3. The first kappa shape index (κ1) is 20.9. The second-order valence-electron chi connectivity index (χ2n) is 5.19.